The second-order valence-electron chi connectivity index (χ2n) is 8.38. The molecule has 1 atom stereocenters. The molecular weight excluding hydrogens is 456 g/mol. The van der Waals surface area contributed by atoms with Crippen LogP contribution in [0.15, 0.2) is 41.3 Å². The van der Waals surface area contributed by atoms with E-state index in [0.29, 0.717) is 49.8 Å². The molecule has 186 valence electrons. The number of sulfonamides is 1. The maximum atomic E-state index is 13.1. The van der Waals surface area contributed by atoms with E-state index >= 15 is 0 Å². The maximum Gasteiger partial charge on any atom is 0.243 e. The molecule has 0 radical (unpaired) electrons. The van der Waals surface area contributed by atoms with Gasteiger partial charge in [0.05, 0.1) is 31.8 Å². The smallest absolute Gasteiger partial charge is 0.243 e. The molecule has 1 fully saturated rings. The topological polar surface area (TPSA) is 94.2 Å². The molecule has 0 aliphatic carbocycles. The molecule has 1 heterocycles. The molecule has 2 aromatic carbocycles. The van der Waals surface area contributed by atoms with Gasteiger partial charge < -0.3 is 19.5 Å². The number of aryl methyl sites for hydroxylation is 1. The zero-order valence-corrected chi connectivity index (χ0v) is 21.3. The predicted octanol–water partition coefficient (Wildman–Crippen LogP) is 3.69. The number of carbonyl (C=O) groups excluding carboxylic acids is 1. The number of amides is 1. The third-order valence-electron chi connectivity index (χ3n) is 6.18. The molecular formula is C25H34N2O6S. The molecule has 3 rings (SSSR count). The summed E-state index contributed by atoms with van der Waals surface area (Å²) >= 11 is 0. The molecule has 1 saturated heterocycles. The second-order valence-corrected chi connectivity index (χ2v) is 10.3. The number of rotatable bonds is 9. The van der Waals surface area contributed by atoms with Crippen LogP contribution in [0.5, 0.6) is 17.2 Å². The van der Waals surface area contributed by atoms with E-state index in [9.17, 15) is 13.2 Å². The zero-order valence-electron chi connectivity index (χ0n) is 20.5. The number of hydrogen-bond acceptors (Lipinski definition) is 6. The van der Waals surface area contributed by atoms with Gasteiger partial charge in [0.2, 0.25) is 15.9 Å². The molecule has 0 spiro atoms. The largest absolute Gasteiger partial charge is 0.494 e. The molecule has 2 aromatic rings. The Hall–Kier alpha value is -2.78. The van der Waals surface area contributed by atoms with E-state index in [-0.39, 0.29) is 22.8 Å². The summed E-state index contributed by atoms with van der Waals surface area (Å²) in [7, 11) is -0.479. The van der Waals surface area contributed by atoms with Crippen molar-refractivity contribution in [3.8, 4) is 17.2 Å². The van der Waals surface area contributed by atoms with Crippen molar-refractivity contribution < 1.29 is 27.4 Å². The van der Waals surface area contributed by atoms with Gasteiger partial charge in [-0.05, 0) is 75.1 Å². The lowest BCUT2D eigenvalue weighted by atomic mass is 9.96. The summed E-state index contributed by atoms with van der Waals surface area (Å²) in [5, 5.41) is 3.05. The third-order valence-corrected chi connectivity index (χ3v) is 8.07. The number of piperidine rings is 1. The number of methoxy groups -OCH3 is 2. The van der Waals surface area contributed by atoms with Crippen LogP contribution in [0.1, 0.15) is 43.9 Å². The van der Waals surface area contributed by atoms with Crippen molar-refractivity contribution in [1.82, 2.24) is 9.62 Å². The second kappa shape index (κ2) is 11.1. The molecule has 1 amide bonds. The number of benzene rings is 2. The normalized spacial score (nSPS) is 16.0. The summed E-state index contributed by atoms with van der Waals surface area (Å²) in [4.78, 5) is 13.1. The first kappa shape index (κ1) is 25.8. The van der Waals surface area contributed by atoms with Crippen LogP contribution in [0.25, 0.3) is 0 Å². The number of nitrogens with one attached hydrogen (secondary N) is 1. The Kier molecular flexibility index (Phi) is 8.43. The van der Waals surface area contributed by atoms with E-state index in [1.54, 1.807) is 32.4 Å². The van der Waals surface area contributed by atoms with Crippen LogP contribution in [-0.2, 0) is 14.8 Å². The van der Waals surface area contributed by atoms with Gasteiger partial charge in [-0.2, -0.15) is 4.31 Å². The summed E-state index contributed by atoms with van der Waals surface area (Å²) < 4.78 is 43.8. The van der Waals surface area contributed by atoms with Gasteiger partial charge in [0.1, 0.15) is 5.75 Å². The Morgan fingerprint density at radius 2 is 1.71 bits per heavy atom. The molecule has 1 aliphatic heterocycles. The molecule has 1 N–H and O–H groups in total. The van der Waals surface area contributed by atoms with Crippen LogP contribution >= 0.6 is 0 Å². The van der Waals surface area contributed by atoms with Crippen molar-refractivity contribution in [2.45, 2.75) is 44.6 Å². The van der Waals surface area contributed by atoms with Crippen molar-refractivity contribution in [2.24, 2.45) is 5.92 Å². The average Bonchev–Trinajstić information content (AvgIpc) is 2.84. The Labute approximate surface area is 202 Å². The summed E-state index contributed by atoms with van der Waals surface area (Å²) in [6.07, 6.45) is 0.944. The van der Waals surface area contributed by atoms with Gasteiger partial charge in [-0.25, -0.2) is 8.42 Å². The summed E-state index contributed by atoms with van der Waals surface area (Å²) in [5.74, 6) is 1.60. The molecule has 9 heteroatoms. The van der Waals surface area contributed by atoms with Crippen LogP contribution in [0.3, 0.4) is 0 Å². The van der Waals surface area contributed by atoms with Gasteiger partial charge in [0.15, 0.2) is 11.5 Å². The molecule has 34 heavy (non-hydrogen) atoms. The molecule has 0 unspecified atom stereocenters. The molecule has 1 aliphatic rings. The lowest BCUT2D eigenvalue weighted by Gasteiger charge is -2.31. The van der Waals surface area contributed by atoms with Crippen molar-refractivity contribution in [1.29, 1.82) is 0 Å². The summed E-state index contributed by atoms with van der Waals surface area (Å²) in [6, 6.07) is 10.2. The number of ether oxygens (including phenoxy) is 3. The first-order valence-corrected chi connectivity index (χ1v) is 12.9. The van der Waals surface area contributed by atoms with Crippen LogP contribution in [0.4, 0.5) is 0 Å². The van der Waals surface area contributed by atoms with E-state index in [0.717, 1.165) is 11.1 Å². The van der Waals surface area contributed by atoms with Crippen LogP contribution in [0, 0.1) is 12.8 Å². The lowest BCUT2D eigenvalue weighted by molar-refractivity contribution is -0.126. The van der Waals surface area contributed by atoms with Gasteiger partial charge in [0.25, 0.3) is 0 Å². The monoisotopic (exact) mass is 490 g/mol. The fraction of sp³-hybridized carbons (Fsp3) is 0.480. The first-order valence-electron chi connectivity index (χ1n) is 11.5. The van der Waals surface area contributed by atoms with E-state index in [1.165, 1.54) is 4.31 Å². The first-order chi connectivity index (χ1) is 16.2. The van der Waals surface area contributed by atoms with Gasteiger partial charge >= 0.3 is 0 Å². The SMILES string of the molecule is CCOc1ccc(S(=O)(=O)N2CCC(C(=O)N[C@H](C)c3ccc(OC)c(OC)c3)CC2)cc1C. The van der Waals surface area contributed by atoms with Crippen LogP contribution in [0.2, 0.25) is 0 Å². The van der Waals surface area contributed by atoms with Gasteiger partial charge in [-0.1, -0.05) is 6.07 Å². The minimum atomic E-state index is -3.63. The van der Waals surface area contributed by atoms with Crippen LogP contribution < -0.4 is 19.5 Å². The van der Waals surface area contributed by atoms with Crippen molar-refractivity contribution in [3.05, 3.63) is 47.5 Å². The Morgan fingerprint density at radius 1 is 1.06 bits per heavy atom. The highest BCUT2D eigenvalue weighted by molar-refractivity contribution is 7.89. The van der Waals surface area contributed by atoms with E-state index in [4.69, 9.17) is 14.2 Å². The number of carbonyl (C=O) groups is 1. The average molecular weight is 491 g/mol. The van der Waals surface area contributed by atoms with E-state index in [2.05, 4.69) is 5.32 Å². The highest BCUT2D eigenvalue weighted by atomic mass is 32.2. The fourth-order valence-electron chi connectivity index (χ4n) is 4.14. The Morgan fingerprint density at radius 3 is 2.29 bits per heavy atom. The minimum Gasteiger partial charge on any atom is -0.494 e. The highest BCUT2D eigenvalue weighted by Gasteiger charge is 2.32. The third kappa shape index (κ3) is 5.64. The summed E-state index contributed by atoms with van der Waals surface area (Å²) in [6.45, 7) is 6.76. The number of hydrogen-bond donors (Lipinski definition) is 1. The standard InChI is InChI=1S/C25H34N2O6S/c1-6-33-22-10-8-21(15-17(22)2)34(29,30)27-13-11-19(12-14-27)25(28)26-18(3)20-7-9-23(31-4)24(16-20)32-5/h7-10,15-16,18-19H,6,11-14H2,1-5H3,(H,26,28)/t18-/m1/s1. The minimum absolute atomic E-state index is 0.0729. The van der Waals surface area contributed by atoms with Gasteiger partial charge in [0, 0.05) is 19.0 Å². The molecule has 0 bridgehead atoms. The van der Waals surface area contributed by atoms with Crippen molar-refractivity contribution in [3.63, 3.8) is 0 Å². The fourth-order valence-corrected chi connectivity index (χ4v) is 5.70. The van der Waals surface area contributed by atoms with Crippen molar-refractivity contribution >= 4 is 15.9 Å². The van der Waals surface area contributed by atoms with Crippen LogP contribution in [-0.4, -0.2) is 52.5 Å². The quantitative estimate of drug-likeness (QED) is 0.576. The van der Waals surface area contributed by atoms with Crippen molar-refractivity contribution in [2.75, 3.05) is 33.9 Å². The van der Waals surface area contributed by atoms with E-state index in [1.807, 2.05) is 39.0 Å². The molecule has 0 saturated carbocycles. The Bertz CT molecular complexity index is 1110. The number of nitrogens with zero attached hydrogens (tertiary/aromatic N) is 1. The van der Waals surface area contributed by atoms with Gasteiger partial charge in [-0.3, -0.25) is 4.79 Å². The molecule has 0 aromatic heterocycles. The lowest BCUT2D eigenvalue weighted by Crippen LogP contribution is -2.43. The van der Waals surface area contributed by atoms with E-state index < -0.39 is 10.0 Å². The molecule has 8 nitrogen and oxygen atoms in total. The van der Waals surface area contributed by atoms with Gasteiger partial charge in [-0.15, -0.1) is 0 Å². The zero-order chi connectivity index (χ0) is 24.9. The highest BCUT2D eigenvalue weighted by Crippen LogP contribution is 2.31. The maximum absolute atomic E-state index is 13.1. The summed E-state index contributed by atoms with van der Waals surface area (Å²) in [5.41, 5.74) is 1.68. The Balaban J connectivity index is 1.60. The predicted molar refractivity (Wildman–Crippen MR) is 130 cm³/mol.